The van der Waals surface area contributed by atoms with Crippen LogP contribution in [0, 0.1) is 17.7 Å². The Hall–Kier alpha value is -1.80. The van der Waals surface area contributed by atoms with Gasteiger partial charge in [-0.05, 0) is 61.8 Å². The Kier molecular flexibility index (Phi) is 4.79. The Morgan fingerprint density at radius 1 is 1.12 bits per heavy atom. The monoisotopic (exact) mass is 378 g/mol. The minimum Gasteiger partial charge on any atom is -0.317 e. The van der Waals surface area contributed by atoms with Crippen molar-refractivity contribution in [2.45, 2.75) is 43.5 Å². The highest BCUT2D eigenvalue weighted by atomic mass is 32.2. The van der Waals surface area contributed by atoms with Crippen molar-refractivity contribution in [1.82, 2.24) is 19.1 Å². The van der Waals surface area contributed by atoms with Crippen molar-refractivity contribution in [1.29, 1.82) is 0 Å². The van der Waals surface area contributed by atoms with E-state index in [1.165, 1.54) is 41.4 Å². The van der Waals surface area contributed by atoms with E-state index >= 15 is 0 Å². The van der Waals surface area contributed by atoms with E-state index in [9.17, 15) is 12.8 Å². The Labute approximate surface area is 153 Å². The second-order valence-corrected chi connectivity index (χ2v) is 9.31. The number of sulfonamides is 1. The van der Waals surface area contributed by atoms with Crippen LogP contribution in [-0.2, 0) is 23.0 Å². The van der Waals surface area contributed by atoms with Crippen LogP contribution in [-0.4, -0.2) is 40.6 Å². The van der Waals surface area contributed by atoms with Crippen molar-refractivity contribution in [3.63, 3.8) is 0 Å². The van der Waals surface area contributed by atoms with E-state index in [-0.39, 0.29) is 10.8 Å². The maximum absolute atomic E-state index is 13.1. The van der Waals surface area contributed by atoms with Crippen molar-refractivity contribution < 1.29 is 12.8 Å². The minimum absolute atomic E-state index is 0.149. The molecule has 0 N–H and O–H groups in total. The molecule has 1 aromatic carbocycles. The van der Waals surface area contributed by atoms with Crippen molar-refractivity contribution in [3.8, 4) is 0 Å². The molecule has 0 spiro atoms. The third-order valence-electron chi connectivity index (χ3n) is 5.25. The molecule has 1 aliphatic carbocycles. The molecule has 8 heteroatoms. The van der Waals surface area contributed by atoms with Gasteiger partial charge in [0.1, 0.15) is 18.0 Å². The lowest BCUT2D eigenvalue weighted by molar-refractivity contribution is 0.261. The molecular formula is C18H23FN4O2S. The third-order valence-corrected chi connectivity index (χ3v) is 7.13. The fourth-order valence-corrected chi connectivity index (χ4v) is 5.15. The summed E-state index contributed by atoms with van der Waals surface area (Å²) in [7, 11) is -3.59. The third kappa shape index (κ3) is 3.81. The van der Waals surface area contributed by atoms with Crippen LogP contribution in [0.15, 0.2) is 35.5 Å². The minimum atomic E-state index is -3.59. The van der Waals surface area contributed by atoms with Crippen LogP contribution >= 0.6 is 0 Å². The molecule has 0 bridgehead atoms. The highest BCUT2D eigenvalue weighted by Gasteiger charge is 2.31. The normalized spacial score (nSPS) is 21.8. The van der Waals surface area contributed by atoms with E-state index in [2.05, 4.69) is 14.8 Å². The summed E-state index contributed by atoms with van der Waals surface area (Å²) in [5, 5.41) is 8.29. The summed E-state index contributed by atoms with van der Waals surface area (Å²) in [6, 6.07) is 5.05. The van der Waals surface area contributed by atoms with E-state index in [1.807, 2.05) is 0 Å². The van der Waals surface area contributed by atoms with Gasteiger partial charge in [0.05, 0.1) is 4.90 Å². The van der Waals surface area contributed by atoms with Gasteiger partial charge in [0.25, 0.3) is 0 Å². The predicted molar refractivity (Wildman–Crippen MR) is 94.3 cm³/mol. The van der Waals surface area contributed by atoms with Gasteiger partial charge in [-0.25, -0.2) is 12.8 Å². The molecular weight excluding hydrogens is 355 g/mol. The molecule has 1 unspecified atom stereocenters. The zero-order valence-corrected chi connectivity index (χ0v) is 15.4. The quantitative estimate of drug-likeness (QED) is 0.774. The fraction of sp³-hybridized carbons (Fsp3) is 0.556. The summed E-state index contributed by atoms with van der Waals surface area (Å²) in [5.41, 5.74) is 0. The van der Waals surface area contributed by atoms with Crippen LogP contribution in [0.5, 0.6) is 0 Å². The molecule has 6 nitrogen and oxygen atoms in total. The summed E-state index contributed by atoms with van der Waals surface area (Å²) in [4.78, 5) is 0.149. The number of hydrogen-bond acceptors (Lipinski definition) is 4. The van der Waals surface area contributed by atoms with E-state index in [0.717, 1.165) is 37.5 Å². The number of aromatic nitrogens is 3. The lowest BCUT2D eigenvalue weighted by Gasteiger charge is -2.31. The Balaban J connectivity index is 1.45. The molecule has 1 saturated carbocycles. The first-order chi connectivity index (χ1) is 12.5. The standard InChI is InChI=1S/C18H23FN4O2S/c19-16-5-7-17(8-6-16)26(24,25)23-9-1-2-15(12-23)10-18-21-20-13-22(18)11-14-3-4-14/h5-8,13-15H,1-4,9-12H2. The highest BCUT2D eigenvalue weighted by molar-refractivity contribution is 7.89. The highest BCUT2D eigenvalue weighted by Crippen LogP contribution is 2.31. The molecule has 1 saturated heterocycles. The van der Waals surface area contributed by atoms with Crippen LogP contribution in [0.3, 0.4) is 0 Å². The van der Waals surface area contributed by atoms with Crippen molar-refractivity contribution in [2.75, 3.05) is 13.1 Å². The van der Waals surface area contributed by atoms with Crippen molar-refractivity contribution in [3.05, 3.63) is 42.2 Å². The van der Waals surface area contributed by atoms with Crippen LogP contribution < -0.4 is 0 Å². The summed E-state index contributed by atoms with van der Waals surface area (Å²) in [6.07, 6.45) is 6.86. The van der Waals surface area contributed by atoms with Crippen LogP contribution in [0.25, 0.3) is 0 Å². The second-order valence-electron chi connectivity index (χ2n) is 7.37. The summed E-state index contributed by atoms with van der Waals surface area (Å²) in [6.45, 7) is 1.94. The first-order valence-electron chi connectivity index (χ1n) is 9.15. The first kappa shape index (κ1) is 17.6. The predicted octanol–water partition coefficient (Wildman–Crippen LogP) is 2.47. The van der Waals surface area contributed by atoms with Gasteiger partial charge in [-0.2, -0.15) is 4.31 Å². The van der Waals surface area contributed by atoms with Gasteiger partial charge in [0.2, 0.25) is 10.0 Å². The molecule has 2 heterocycles. The maximum atomic E-state index is 13.1. The largest absolute Gasteiger partial charge is 0.317 e. The Bertz CT molecular complexity index is 862. The van der Waals surface area contributed by atoms with Gasteiger partial charge in [-0.3, -0.25) is 0 Å². The van der Waals surface area contributed by atoms with E-state index < -0.39 is 15.8 Å². The summed E-state index contributed by atoms with van der Waals surface area (Å²) < 4.78 is 42.4. The average Bonchev–Trinajstić information content (AvgIpc) is 3.35. The van der Waals surface area contributed by atoms with Gasteiger partial charge < -0.3 is 4.57 Å². The van der Waals surface area contributed by atoms with Gasteiger partial charge in [0.15, 0.2) is 0 Å². The molecule has 26 heavy (non-hydrogen) atoms. The van der Waals surface area contributed by atoms with Gasteiger partial charge in [-0.15, -0.1) is 10.2 Å². The molecule has 140 valence electrons. The molecule has 2 aromatic rings. The second kappa shape index (κ2) is 7.08. The fourth-order valence-electron chi connectivity index (χ4n) is 3.59. The number of piperidine rings is 1. The number of halogens is 1. The number of benzene rings is 1. The first-order valence-corrected chi connectivity index (χ1v) is 10.6. The Morgan fingerprint density at radius 3 is 2.62 bits per heavy atom. The molecule has 2 aliphatic rings. The van der Waals surface area contributed by atoms with Gasteiger partial charge in [-0.1, -0.05) is 0 Å². The molecule has 1 aliphatic heterocycles. The molecule has 2 fully saturated rings. The SMILES string of the molecule is O=S(=O)(c1ccc(F)cc1)N1CCCC(Cc2nncn2CC2CC2)C1. The molecule has 0 amide bonds. The summed E-state index contributed by atoms with van der Waals surface area (Å²) >= 11 is 0. The Morgan fingerprint density at radius 2 is 1.88 bits per heavy atom. The van der Waals surface area contributed by atoms with Gasteiger partial charge in [0, 0.05) is 26.1 Å². The number of nitrogens with zero attached hydrogens (tertiary/aromatic N) is 4. The van der Waals surface area contributed by atoms with Gasteiger partial charge >= 0.3 is 0 Å². The smallest absolute Gasteiger partial charge is 0.243 e. The maximum Gasteiger partial charge on any atom is 0.243 e. The topological polar surface area (TPSA) is 68.1 Å². The molecule has 1 aromatic heterocycles. The molecule has 0 radical (unpaired) electrons. The number of hydrogen-bond donors (Lipinski definition) is 0. The van der Waals surface area contributed by atoms with Crippen molar-refractivity contribution >= 4 is 10.0 Å². The zero-order valence-electron chi connectivity index (χ0n) is 14.6. The van der Waals surface area contributed by atoms with Crippen LogP contribution in [0.2, 0.25) is 0 Å². The number of rotatable bonds is 6. The van der Waals surface area contributed by atoms with Crippen LogP contribution in [0.4, 0.5) is 4.39 Å². The van der Waals surface area contributed by atoms with Crippen molar-refractivity contribution in [2.24, 2.45) is 11.8 Å². The zero-order chi connectivity index (χ0) is 18.1. The van der Waals surface area contributed by atoms with E-state index in [1.54, 1.807) is 6.33 Å². The van der Waals surface area contributed by atoms with Crippen LogP contribution in [0.1, 0.15) is 31.5 Å². The van der Waals surface area contributed by atoms with E-state index in [4.69, 9.17) is 0 Å². The lowest BCUT2D eigenvalue weighted by atomic mass is 9.96. The summed E-state index contributed by atoms with van der Waals surface area (Å²) in [5.74, 6) is 1.48. The lowest BCUT2D eigenvalue weighted by Crippen LogP contribution is -2.40. The molecule has 4 rings (SSSR count). The molecule has 1 atom stereocenters. The van der Waals surface area contributed by atoms with E-state index in [0.29, 0.717) is 13.1 Å². The average molecular weight is 378 g/mol.